The zero-order valence-electron chi connectivity index (χ0n) is 17.4. The van der Waals surface area contributed by atoms with Gasteiger partial charge in [0.15, 0.2) is 0 Å². The SMILES string of the molecule is CCN(CC)S(=O)(=O)c1ccc(Br)c(C(=O)N2CCN(Cc3ccccc3)CC2)c1. The Morgan fingerprint density at radius 1 is 1.00 bits per heavy atom. The summed E-state index contributed by atoms with van der Waals surface area (Å²) in [6, 6.07) is 15.0. The molecule has 0 saturated carbocycles. The van der Waals surface area contributed by atoms with Crippen LogP contribution in [0.3, 0.4) is 0 Å². The number of hydrogen-bond acceptors (Lipinski definition) is 4. The van der Waals surface area contributed by atoms with E-state index in [0.29, 0.717) is 36.2 Å². The van der Waals surface area contributed by atoms with Crippen molar-refractivity contribution >= 4 is 31.9 Å². The number of rotatable bonds is 7. The van der Waals surface area contributed by atoms with Gasteiger partial charge in [-0.05, 0) is 39.7 Å². The van der Waals surface area contributed by atoms with Crippen LogP contribution in [0.1, 0.15) is 29.8 Å². The Morgan fingerprint density at radius 3 is 2.23 bits per heavy atom. The summed E-state index contributed by atoms with van der Waals surface area (Å²) in [7, 11) is -3.61. The average Bonchev–Trinajstić information content (AvgIpc) is 2.75. The highest BCUT2D eigenvalue weighted by Crippen LogP contribution is 2.25. The minimum absolute atomic E-state index is 0.141. The van der Waals surface area contributed by atoms with Gasteiger partial charge >= 0.3 is 0 Å². The van der Waals surface area contributed by atoms with E-state index < -0.39 is 10.0 Å². The van der Waals surface area contributed by atoms with E-state index in [1.807, 2.05) is 18.2 Å². The molecule has 162 valence electrons. The summed E-state index contributed by atoms with van der Waals surface area (Å²) >= 11 is 3.43. The molecule has 0 aromatic heterocycles. The predicted molar refractivity (Wildman–Crippen MR) is 122 cm³/mol. The van der Waals surface area contributed by atoms with Crippen molar-refractivity contribution in [2.24, 2.45) is 0 Å². The van der Waals surface area contributed by atoms with Crippen molar-refractivity contribution in [1.82, 2.24) is 14.1 Å². The highest BCUT2D eigenvalue weighted by atomic mass is 79.9. The monoisotopic (exact) mass is 493 g/mol. The van der Waals surface area contributed by atoms with Gasteiger partial charge in [-0.3, -0.25) is 9.69 Å². The zero-order chi connectivity index (χ0) is 21.7. The van der Waals surface area contributed by atoms with Crippen LogP contribution < -0.4 is 0 Å². The molecule has 1 aliphatic heterocycles. The Kier molecular flexibility index (Phi) is 7.68. The molecule has 0 N–H and O–H groups in total. The molecular weight excluding hydrogens is 466 g/mol. The van der Waals surface area contributed by atoms with E-state index in [4.69, 9.17) is 0 Å². The Balaban J connectivity index is 1.71. The molecule has 3 rings (SSSR count). The number of sulfonamides is 1. The van der Waals surface area contributed by atoms with E-state index in [0.717, 1.165) is 19.6 Å². The van der Waals surface area contributed by atoms with Crippen LogP contribution in [-0.2, 0) is 16.6 Å². The Bertz CT molecular complexity index is 970. The lowest BCUT2D eigenvalue weighted by molar-refractivity contribution is 0.0627. The van der Waals surface area contributed by atoms with Gasteiger partial charge in [0.05, 0.1) is 10.5 Å². The van der Waals surface area contributed by atoms with E-state index in [2.05, 4.69) is 33.0 Å². The van der Waals surface area contributed by atoms with Crippen LogP contribution in [0.15, 0.2) is 57.9 Å². The first-order valence-corrected chi connectivity index (χ1v) is 12.4. The topological polar surface area (TPSA) is 60.9 Å². The largest absolute Gasteiger partial charge is 0.336 e. The van der Waals surface area contributed by atoms with Crippen molar-refractivity contribution in [3.05, 3.63) is 64.1 Å². The molecule has 30 heavy (non-hydrogen) atoms. The van der Waals surface area contributed by atoms with Gasteiger partial charge in [0.2, 0.25) is 10.0 Å². The fourth-order valence-electron chi connectivity index (χ4n) is 3.66. The minimum Gasteiger partial charge on any atom is -0.336 e. The maximum absolute atomic E-state index is 13.1. The second-order valence-corrected chi connectivity index (χ2v) is 10.1. The molecule has 0 spiro atoms. The Morgan fingerprint density at radius 2 is 1.63 bits per heavy atom. The standard InChI is InChI=1S/C22H28BrN3O3S/c1-3-26(4-2)30(28,29)19-10-11-21(23)20(16-19)22(27)25-14-12-24(13-15-25)17-18-8-6-5-7-9-18/h5-11,16H,3-4,12-15,17H2,1-2H3. The van der Waals surface area contributed by atoms with Gasteiger partial charge in [-0.25, -0.2) is 8.42 Å². The number of benzene rings is 2. The summed E-state index contributed by atoms with van der Waals surface area (Å²) in [4.78, 5) is 17.4. The highest BCUT2D eigenvalue weighted by molar-refractivity contribution is 9.10. The van der Waals surface area contributed by atoms with Gasteiger partial charge < -0.3 is 4.90 Å². The van der Waals surface area contributed by atoms with Gasteiger partial charge in [-0.15, -0.1) is 0 Å². The van der Waals surface area contributed by atoms with Crippen molar-refractivity contribution < 1.29 is 13.2 Å². The van der Waals surface area contributed by atoms with Crippen molar-refractivity contribution in [3.63, 3.8) is 0 Å². The number of carbonyl (C=O) groups is 1. The molecule has 2 aromatic carbocycles. The molecular formula is C22H28BrN3O3S. The number of nitrogens with zero attached hydrogens (tertiary/aromatic N) is 3. The van der Waals surface area contributed by atoms with Crippen molar-refractivity contribution in [2.45, 2.75) is 25.3 Å². The molecule has 1 saturated heterocycles. The molecule has 8 heteroatoms. The molecule has 0 radical (unpaired) electrons. The van der Waals surface area contributed by atoms with E-state index in [9.17, 15) is 13.2 Å². The Hall–Kier alpha value is -1.74. The van der Waals surface area contributed by atoms with Gasteiger partial charge in [0.1, 0.15) is 0 Å². The molecule has 6 nitrogen and oxygen atoms in total. The fraction of sp³-hybridized carbons (Fsp3) is 0.409. The third kappa shape index (κ3) is 5.11. The second kappa shape index (κ2) is 10.0. The summed E-state index contributed by atoms with van der Waals surface area (Å²) in [5, 5.41) is 0. The van der Waals surface area contributed by atoms with E-state index in [1.165, 1.54) is 15.9 Å². The molecule has 1 aliphatic rings. The molecule has 0 unspecified atom stereocenters. The molecule has 1 fully saturated rings. The first kappa shape index (κ1) is 22.9. The maximum atomic E-state index is 13.1. The predicted octanol–water partition coefficient (Wildman–Crippen LogP) is 3.44. The van der Waals surface area contributed by atoms with E-state index >= 15 is 0 Å². The summed E-state index contributed by atoms with van der Waals surface area (Å²) in [5.74, 6) is -0.141. The molecule has 0 bridgehead atoms. The number of amides is 1. The van der Waals surface area contributed by atoms with Crippen LogP contribution in [0, 0.1) is 0 Å². The fourth-order valence-corrected chi connectivity index (χ4v) is 5.56. The smallest absolute Gasteiger partial charge is 0.255 e. The van der Waals surface area contributed by atoms with Crippen LogP contribution in [0.2, 0.25) is 0 Å². The molecule has 1 amide bonds. The van der Waals surface area contributed by atoms with Crippen molar-refractivity contribution in [3.8, 4) is 0 Å². The number of carbonyl (C=O) groups excluding carboxylic acids is 1. The molecule has 0 aliphatic carbocycles. The quantitative estimate of drug-likeness (QED) is 0.592. The Labute approximate surface area is 187 Å². The molecule has 2 aromatic rings. The third-order valence-electron chi connectivity index (χ3n) is 5.42. The van der Waals surface area contributed by atoms with Crippen LogP contribution in [-0.4, -0.2) is 67.7 Å². The normalized spacial score (nSPS) is 15.5. The van der Waals surface area contributed by atoms with Crippen molar-refractivity contribution in [1.29, 1.82) is 0 Å². The van der Waals surface area contributed by atoms with Crippen LogP contribution in [0.25, 0.3) is 0 Å². The average molecular weight is 494 g/mol. The lowest BCUT2D eigenvalue weighted by atomic mass is 10.1. The van der Waals surface area contributed by atoms with Gasteiger partial charge in [-0.2, -0.15) is 4.31 Å². The maximum Gasteiger partial charge on any atom is 0.255 e. The third-order valence-corrected chi connectivity index (χ3v) is 8.16. The van der Waals surface area contributed by atoms with Gasteiger partial charge in [-0.1, -0.05) is 44.2 Å². The summed E-state index contributed by atoms with van der Waals surface area (Å²) in [6.07, 6.45) is 0. The summed E-state index contributed by atoms with van der Waals surface area (Å²) in [5.41, 5.74) is 1.65. The number of piperazine rings is 1. The molecule has 0 atom stereocenters. The minimum atomic E-state index is -3.61. The van der Waals surface area contributed by atoms with Gasteiger partial charge in [0.25, 0.3) is 5.91 Å². The number of halogens is 1. The van der Waals surface area contributed by atoms with Crippen molar-refractivity contribution in [2.75, 3.05) is 39.3 Å². The molecule has 1 heterocycles. The zero-order valence-corrected chi connectivity index (χ0v) is 19.8. The number of hydrogen-bond donors (Lipinski definition) is 0. The summed E-state index contributed by atoms with van der Waals surface area (Å²) in [6.45, 7) is 8.07. The first-order valence-electron chi connectivity index (χ1n) is 10.2. The lowest BCUT2D eigenvalue weighted by Crippen LogP contribution is -2.48. The highest BCUT2D eigenvalue weighted by Gasteiger charge is 2.27. The van der Waals surface area contributed by atoms with Crippen LogP contribution in [0.5, 0.6) is 0 Å². The van der Waals surface area contributed by atoms with E-state index in [1.54, 1.807) is 30.9 Å². The second-order valence-electron chi connectivity index (χ2n) is 7.28. The first-order chi connectivity index (χ1) is 14.4. The van der Waals surface area contributed by atoms with Crippen LogP contribution >= 0.6 is 15.9 Å². The van der Waals surface area contributed by atoms with E-state index in [-0.39, 0.29) is 10.8 Å². The summed E-state index contributed by atoms with van der Waals surface area (Å²) < 4.78 is 27.7. The van der Waals surface area contributed by atoms with Crippen LogP contribution in [0.4, 0.5) is 0 Å². The van der Waals surface area contributed by atoms with Gasteiger partial charge in [0, 0.05) is 50.3 Å². The lowest BCUT2D eigenvalue weighted by Gasteiger charge is -2.35.